The Morgan fingerprint density at radius 1 is 0.390 bits per heavy atom. The number of para-hydroxylation sites is 5. The zero-order valence-electron chi connectivity index (χ0n) is 33.0. The topological polar surface area (TPSA) is 47.2 Å². The normalized spacial score (nSPS) is 12.4. The molecule has 0 spiro atoms. The van der Waals surface area contributed by atoms with Crippen LogP contribution in [0.5, 0.6) is 0 Å². The van der Waals surface area contributed by atoms with E-state index in [1.807, 2.05) is 91.0 Å². The van der Waals surface area contributed by atoms with E-state index in [4.69, 9.17) is 0 Å². The SMILES string of the molecule is Cc1cc(C)c(B2c3cc4c(=O)c5ccccc5n(-c5ccccc5)c4cc3N(c3ccccc3)c3cc4c(cc32)c(=O)c2ccccc2n4-c2ccccc2)c(C)c1. The number of aromatic nitrogens is 2. The van der Waals surface area contributed by atoms with Crippen LogP contribution in [0.25, 0.3) is 55.0 Å². The van der Waals surface area contributed by atoms with E-state index in [1.54, 1.807) is 0 Å². The third kappa shape index (κ3) is 5.26. The molecule has 0 fully saturated rings. The van der Waals surface area contributed by atoms with Gasteiger partial charge in [0.15, 0.2) is 10.9 Å². The predicted octanol–water partition coefficient (Wildman–Crippen LogP) is 9.83. The second-order valence-electron chi connectivity index (χ2n) is 15.8. The maximum atomic E-state index is 14.8. The first kappa shape index (κ1) is 34.8. The third-order valence-corrected chi connectivity index (χ3v) is 12.2. The van der Waals surface area contributed by atoms with Crippen LogP contribution in [-0.2, 0) is 0 Å². The highest BCUT2D eigenvalue weighted by atomic mass is 16.1. The molecule has 0 amide bonds. The predicted molar refractivity (Wildman–Crippen MR) is 248 cm³/mol. The molecule has 2 aromatic heterocycles. The first-order valence-corrected chi connectivity index (χ1v) is 20.1. The van der Waals surface area contributed by atoms with Crippen LogP contribution in [0, 0.1) is 20.8 Å². The maximum Gasteiger partial charge on any atom is 0.247 e. The lowest BCUT2D eigenvalue weighted by Crippen LogP contribution is -2.59. The Hall–Kier alpha value is -7.44. The molecule has 8 aromatic carbocycles. The molecule has 59 heavy (non-hydrogen) atoms. The number of hydrogen-bond donors (Lipinski definition) is 0. The summed E-state index contributed by atoms with van der Waals surface area (Å²) in [5, 5.41) is 2.62. The second kappa shape index (κ2) is 13.3. The quantitative estimate of drug-likeness (QED) is 0.133. The largest absolute Gasteiger partial charge is 0.311 e. The molecule has 10 aromatic rings. The average Bonchev–Trinajstić information content (AvgIpc) is 3.26. The number of aryl methyl sites for hydroxylation is 3. The van der Waals surface area contributed by atoms with E-state index in [9.17, 15) is 9.59 Å². The highest BCUT2D eigenvalue weighted by Gasteiger charge is 2.39. The van der Waals surface area contributed by atoms with Gasteiger partial charge < -0.3 is 14.0 Å². The summed E-state index contributed by atoms with van der Waals surface area (Å²) in [7, 11) is 0. The molecule has 0 unspecified atom stereocenters. The Kier molecular flexibility index (Phi) is 7.85. The molecule has 11 rings (SSSR count). The highest BCUT2D eigenvalue weighted by molar-refractivity contribution is 6.98. The van der Waals surface area contributed by atoms with Crippen LogP contribution in [0.15, 0.2) is 186 Å². The Morgan fingerprint density at radius 2 is 0.780 bits per heavy atom. The van der Waals surface area contributed by atoms with E-state index in [2.05, 4.69) is 120 Å². The number of hydrogen-bond acceptors (Lipinski definition) is 3. The van der Waals surface area contributed by atoms with E-state index >= 15 is 0 Å². The fourth-order valence-electron chi connectivity index (χ4n) is 9.86. The molecule has 1 aliphatic rings. The van der Waals surface area contributed by atoms with Crippen molar-refractivity contribution < 1.29 is 0 Å². The smallest absolute Gasteiger partial charge is 0.247 e. The van der Waals surface area contributed by atoms with Gasteiger partial charge in [-0.1, -0.05) is 125 Å². The standard InChI is InChI=1S/C53H38BN3O2/c1-33-27-34(2)51(35(3)28-33)54-43-29-41-47(55(36-17-7-4-8-18-36)45-25-15-13-23-39(45)52(41)58)31-49(43)57(38-21-11-6-12-22-38)50-32-48-42(30-44(50)54)53(59)40-24-14-16-26-46(40)56(48)37-19-9-5-10-20-37/h4-32H,1-3H3. The summed E-state index contributed by atoms with van der Waals surface area (Å²) >= 11 is 0. The first-order chi connectivity index (χ1) is 28.9. The van der Waals surface area contributed by atoms with Crippen molar-refractivity contribution in [3.05, 3.63) is 213 Å². The fourth-order valence-corrected chi connectivity index (χ4v) is 9.86. The first-order valence-electron chi connectivity index (χ1n) is 20.1. The third-order valence-electron chi connectivity index (χ3n) is 12.2. The Morgan fingerprint density at radius 3 is 1.22 bits per heavy atom. The number of anilines is 3. The van der Waals surface area contributed by atoms with Crippen LogP contribution in [0.2, 0.25) is 0 Å². The van der Waals surface area contributed by atoms with Crippen molar-refractivity contribution in [1.82, 2.24) is 9.13 Å². The zero-order valence-corrected chi connectivity index (χ0v) is 33.0. The van der Waals surface area contributed by atoms with Gasteiger partial charge in [-0.2, -0.15) is 0 Å². The van der Waals surface area contributed by atoms with E-state index in [-0.39, 0.29) is 17.6 Å². The Balaban J connectivity index is 1.35. The number of rotatable bonds is 4. The molecule has 5 nitrogen and oxygen atoms in total. The van der Waals surface area contributed by atoms with Crippen LogP contribution in [-0.4, -0.2) is 15.8 Å². The molecule has 0 saturated carbocycles. The van der Waals surface area contributed by atoms with Crippen molar-refractivity contribution in [2.45, 2.75) is 20.8 Å². The molecule has 0 bridgehead atoms. The van der Waals surface area contributed by atoms with Gasteiger partial charge in [0.1, 0.15) is 0 Å². The minimum Gasteiger partial charge on any atom is -0.311 e. The van der Waals surface area contributed by atoms with Gasteiger partial charge >= 0.3 is 0 Å². The van der Waals surface area contributed by atoms with E-state index < -0.39 is 0 Å². The lowest BCUT2D eigenvalue weighted by atomic mass is 9.33. The molecule has 0 N–H and O–H groups in total. The monoisotopic (exact) mass is 759 g/mol. The van der Waals surface area contributed by atoms with Gasteiger partial charge in [-0.15, -0.1) is 0 Å². The van der Waals surface area contributed by atoms with Crippen molar-refractivity contribution in [1.29, 1.82) is 0 Å². The Labute approximate surface area is 341 Å². The minimum absolute atomic E-state index is 0.00512. The average molecular weight is 760 g/mol. The number of pyridine rings is 2. The summed E-state index contributed by atoms with van der Waals surface area (Å²) in [5.74, 6) is 0. The lowest BCUT2D eigenvalue weighted by molar-refractivity contribution is 1.15. The number of nitrogens with zero attached hydrogens (tertiary/aromatic N) is 3. The van der Waals surface area contributed by atoms with Gasteiger partial charge in [0.05, 0.1) is 22.1 Å². The van der Waals surface area contributed by atoms with Crippen molar-refractivity contribution in [3.63, 3.8) is 0 Å². The van der Waals surface area contributed by atoms with Crippen molar-refractivity contribution in [2.24, 2.45) is 0 Å². The van der Waals surface area contributed by atoms with Crippen molar-refractivity contribution in [2.75, 3.05) is 4.90 Å². The summed E-state index contributed by atoms with van der Waals surface area (Å²) in [5.41, 5.74) is 15.0. The van der Waals surface area contributed by atoms with Gasteiger partial charge in [-0.05, 0) is 104 Å². The van der Waals surface area contributed by atoms with Crippen LogP contribution in [0.1, 0.15) is 16.7 Å². The van der Waals surface area contributed by atoms with Gasteiger partial charge in [0.25, 0.3) is 0 Å². The maximum absolute atomic E-state index is 14.8. The summed E-state index contributed by atoms with van der Waals surface area (Å²) in [6.45, 7) is 6.22. The van der Waals surface area contributed by atoms with Crippen molar-refractivity contribution in [3.8, 4) is 11.4 Å². The van der Waals surface area contributed by atoms with Crippen LogP contribution >= 0.6 is 0 Å². The number of benzene rings is 8. The lowest BCUT2D eigenvalue weighted by Gasteiger charge is -2.38. The van der Waals surface area contributed by atoms with Crippen LogP contribution < -0.4 is 32.1 Å². The molecule has 0 radical (unpaired) electrons. The van der Waals surface area contributed by atoms with Gasteiger partial charge in [0.2, 0.25) is 6.71 Å². The van der Waals surface area contributed by atoms with Crippen LogP contribution in [0.3, 0.4) is 0 Å². The van der Waals surface area contributed by atoms with E-state index in [0.717, 1.165) is 72.6 Å². The second-order valence-corrected chi connectivity index (χ2v) is 15.8. The molecule has 0 atom stereocenters. The van der Waals surface area contributed by atoms with E-state index in [1.165, 1.54) is 11.0 Å². The molecule has 0 aliphatic carbocycles. The van der Waals surface area contributed by atoms with E-state index in [0.29, 0.717) is 21.5 Å². The summed E-state index contributed by atoms with van der Waals surface area (Å²) in [6.07, 6.45) is 0. The summed E-state index contributed by atoms with van der Waals surface area (Å²) in [4.78, 5) is 32.0. The van der Waals surface area contributed by atoms with Gasteiger partial charge in [-0.3, -0.25) is 9.59 Å². The fraction of sp³-hybridized carbons (Fsp3) is 0.0566. The molecule has 0 saturated heterocycles. The molecule has 3 heterocycles. The minimum atomic E-state index is -0.290. The van der Waals surface area contributed by atoms with Gasteiger partial charge in [0, 0.05) is 50.0 Å². The molecule has 1 aliphatic heterocycles. The van der Waals surface area contributed by atoms with Crippen LogP contribution in [0.4, 0.5) is 17.1 Å². The number of fused-ring (bicyclic) bond motifs is 6. The van der Waals surface area contributed by atoms with Crippen molar-refractivity contribution >= 4 is 83.8 Å². The zero-order chi connectivity index (χ0) is 39.9. The molecular weight excluding hydrogens is 721 g/mol. The molecule has 280 valence electrons. The summed E-state index contributed by atoms with van der Waals surface area (Å²) < 4.78 is 4.45. The highest BCUT2D eigenvalue weighted by Crippen LogP contribution is 2.40. The Bertz CT molecular complexity index is 3260. The molecule has 6 heteroatoms. The molecular formula is C53H38BN3O2. The summed E-state index contributed by atoms with van der Waals surface area (Å²) in [6, 6.07) is 60.1. The van der Waals surface area contributed by atoms with Gasteiger partial charge in [-0.25, -0.2) is 0 Å².